The molecule has 0 spiro atoms. The lowest BCUT2D eigenvalue weighted by molar-refractivity contribution is -0.355. The maximum absolute atomic E-state index is 9.94. The molecule has 16 heteroatoms. The van der Waals surface area contributed by atoms with Crippen LogP contribution in [0.5, 0.6) is 0 Å². The molecule has 0 aliphatic carbocycles. The van der Waals surface area contributed by atoms with Crippen LogP contribution in [0.3, 0.4) is 0 Å². The summed E-state index contributed by atoms with van der Waals surface area (Å²) in [6.45, 7) is -2.03. The molecule has 12 N–H and O–H groups in total. The molecule has 2 aliphatic rings. The molecule has 13 atom stereocenters. The van der Waals surface area contributed by atoms with E-state index < -0.39 is 99.5 Å². The zero-order chi connectivity index (χ0) is 25.5. The molecule has 33 heavy (non-hydrogen) atoms. The van der Waals surface area contributed by atoms with E-state index in [2.05, 4.69) is 0 Å². The van der Waals surface area contributed by atoms with Crippen molar-refractivity contribution in [3.63, 3.8) is 0 Å². The van der Waals surface area contributed by atoms with Crippen molar-refractivity contribution in [2.24, 2.45) is 0 Å². The molecule has 1 unspecified atom stereocenters. The minimum atomic E-state index is -1.74. The number of carbonyl (C=O) groups is 1. The number of hydrogen-bond acceptors (Lipinski definition) is 16. The summed E-state index contributed by atoms with van der Waals surface area (Å²) < 4.78 is 15.3. The van der Waals surface area contributed by atoms with Crippen molar-refractivity contribution in [3.05, 3.63) is 0 Å². The van der Waals surface area contributed by atoms with Gasteiger partial charge < -0.3 is 80.3 Å². The lowest BCUT2D eigenvalue weighted by Crippen LogP contribution is -2.64. The summed E-state index contributed by atoms with van der Waals surface area (Å²) in [5, 5.41) is 111. The molecule has 0 radical (unpaired) electrons. The lowest BCUT2D eigenvalue weighted by Gasteiger charge is -2.45. The number of aldehydes is 1. The van der Waals surface area contributed by atoms with E-state index in [1.807, 2.05) is 0 Å². The van der Waals surface area contributed by atoms with Gasteiger partial charge in [0.25, 0.3) is 0 Å². The third-order valence-corrected chi connectivity index (χ3v) is 5.05. The Hall–Kier alpha value is -0.930. The Morgan fingerprint density at radius 2 is 1.33 bits per heavy atom. The van der Waals surface area contributed by atoms with Crippen LogP contribution in [0, 0.1) is 0 Å². The molecule has 2 aliphatic heterocycles. The first kappa shape index (κ1) is 30.1. The Morgan fingerprint density at radius 3 is 1.82 bits per heavy atom. The molecular formula is C17H32O16. The smallest absolute Gasteiger partial charge is 0.187 e. The third kappa shape index (κ3) is 7.52. The number of aliphatic hydroxyl groups is 12. The molecule has 2 fully saturated rings. The van der Waals surface area contributed by atoms with E-state index in [1.54, 1.807) is 0 Å². The molecule has 16 nitrogen and oxygen atoms in total. The van der Waals surface area contributed by atoms with Crippen molar-refractivity contribution < 1.29 is 80.3 Å². The summed E-state index contributed by atoms with van der Waals surface area (Å²) in [4.78, 5) is 9.76. The van der Waals surface area contributed by atoms with E-state index in [-0.39, 0.29) is 6.29 Å². The molecule has 196 valence electrons. The maximum Gasteiger partial charge on any atom is 0.187 e. The van der Waals surface area contributed by atoms with E-state index in [9.17, 15) is 40.5 Å². The van der Waals surface area contributed by atoms with Crippen LogP contribution < -0.4 is 0 Å². The number of carbonyl (C=O) groups excluding carboxylic acids is 1. The molecule has 0 bridgehead atoms. The van der Waals surface area contributed by atoms with Gasteiger partial charge in [0.2, 0.25) is 0 Å². The van der Waals surface area contributed by atoms with Crippen LogP contribution >= 0.6 is 0 Å². The number of ether oxygens (including phenoxy) is 3. The van der Waals surface area contributed by atoms with Crippen LogP contribution in [-0.2, 0) is 19.0 Å². The standard InChI is InChI=1S/C12H22O11.C5H10O5/c13-1-3-5(15)6(16)9(19)12(22-3)23-10-4(2-14)21-11(20)8(18)7(10)17;6-1-3(8)5(10)4(9)2-7/h3-20H,1-2H2;1,3-5,7-10H,2H2/t3-,4-,5+,6+,7-,8-,9-,10-,11?,12+;3-,4+,5-/m10/s1. The first-order valence-electron chi connectivity index (χ1n) is 9.81. The number of aliphatic hydroxyl groups excluding tert-OH is 12. The predicted molar refractivity (Wildman–Crippen MR) is 99.8 cm³/mol. The molecule has 0 aromatic rings. The van der Waals surface area contributed by atoms with Crippen LogP contribution in [0.15, 0.2) is 0 Å². The second-order valence-corrected chi connectivity index (χ2v) is 7.39. The predicted octanol–water partition coefficient (Wildman–Crippen LogP) is -8.14. The first-order chi connectivity index (χ1) is 15.4. The average Bonchev–Trinajstić information content (AvgIpc) is 2.82. The quantitative estimate of drug-likeness (QED) is 0.140. The molecular weight excluding hydrogens is 460 g/mol. The SMILES string of the molecule is O=C[C@H](O)[C@H](O)[C@H](O)CO.OC[C@H]1O[C@@H](O[C@H]2[C@H](O)[C@@H](O)C(O)O[C@@H]2CO)[C@H](O)[C@@H](O)[C@H]1O. The second kappa shape index (κ2) is 13.8. The van der Waals surface area contributed by atoms with Crippen molar-refractivity contribution in [2.45, 2.75) is 79.7 Å². The summed E-state index contributed by atoms with van der Waals surface area (Å²) in [6, 6.07) is 0. The fourth-order valence-electron chi connectivity index (χ4n) is 2.99. The number of rotatable bonds is 8. The third-order valence-electron chi connectivity index (χ3n) is 5.05. The average molecular weight is 492 g/mol. The van der Waals surface area contributed by atoms with Gasteiger partial charge in [-0.1, -0.05) is 0 Å². The Labute approximate surface area is 187 Å². The monoisotopic (exact) mass is 492 g/mol. The highest BCUT2D eigenvalue weighted by molar-refractivity contribution is 5.56. The highest BCUT2D eigenvalue weighted by Gasteiger charge is 2.50. The molecule has 2 saturated heterocycles. The van der Waals surface area contributed by atoms with Crippen molar-refractivity contribution >= 4 is 6.29 Å². The van der Waals surface area contributed by atoms with E-state index in [0.29, 0.717) is 0 Å². The van der Waals surface area contributed by atoms with Gasteiger partial charge in [0.15, 0.2) is 18.9 Å². The van der Waals surface area contributed by atoms with E-state index >= 15 is 0 Å². The minimum Gasteiger partial charge on any atom is -0.394 e. The van der Waals surface area contributed by atoms with Gasteiger partial charge in [-0.2, -0.15) is 0 Å². The molecule has 2 rings (SSSR count). The van der Waals surface area contributed by atoms with Crippen molar-refractivity contribution in [2.75, 3.05) is 19.8 Å². The second-order valence-electron chi connectivity index (χ2n) is 7.39. The van der Waals surface area contributed by atoms with Crippen LogP contribution in [0.4, 0.5) is 0 Å². The Kier molecular flexibility index (Phi) is 12.6. The molecule has 0 aromatic carbocycles. The lowest BCUT2D eigenvalue weighted by atomic mass is 9.97. The van der Waals surface area contributed by atoms with Crippen molar-refractivity contribution in [1.29, 1.82) is 0 Å². The topological polar surface area (TPSA) is 288 Å². The number of hydrogen-bond donors (Lipinski definition) is 12. The van der Waals surface area contributed by atoms with Crippen molar-refractivity contribution in [3.8, 4) is 0 Å². The zero-order valence-electron chi connectivity index (χ0n) is 17.2. The first-order valence-corrected chi connectivity index (χ1v) is 9.81. The molecule has 0 aromatic heterocycles. The highest BCUT2D eigenvalue weighted by atomic mass is 16.7. The molecule has 0 amide bonds. The van der Waals surface area contributed by atoms with E-state index in [0.717, 1.165) is 0 Å². The molecule has 0 saturated carbocycles. The van der Waals surface area contributed by atoms with Crippen molar-refractivity contribution in [1.82, 2.24) is 0 Å². The fourth-order valence-corrected chi connectivity index (χ4v) is 2.99. The van der Waals surface area contributed by atoms with Gasteiger partial charge in [-0.15, -0.1) is 0 Å². The Bertz CT molecular complexity index is 563. The van der Waals surface area contributed by atoms with Gasteiger partial charge in [0.1, 0.15) is 67.1 Å². The van der Waals surface area contributed by atoms with E-state index in [4.69, 9.17) is 39.7 Å². The van der Waals surface area contributed by atoms with Crippen LogP contribution in [0.25, 0.3) is 0 Å². The summed E-state index contributed by atoms with van der Waals surface area (Å²) in [7, 11) is 0. The Balaban J connectivity index is 0.000000461. The summed E-state index contributed by atoms with van der Waals surface area (Å²) >= 11 is 0. The largest absolute Gasteiger partial charge is 0.394 e. The zero-order valence-corrected chi connectivity index (χ0v) is 17.2. The Morgan fingerprint density at radius 1 is 0.758 bits per heavy atom. The summed E-state index contributed by atoms with van der Waals surface area (Å²) in [5.41, 5.74) is 0. The minimum absolute atomic E-state index is 0.0869. The maximum atomic E-state index is 9.94. The summed E-state index contributed by atoms with van der Waals surface area (Å²) in [6.07, 6.45) is -20.2. The van der Waals surface area contributed by atoms with Gasteiger partial charge in [0, 0.05) is 0 Å². The van der Waals surface area contributed by atoms with Gasteiger partial charge in [-0.05, 0) is 0 Å². The van der Waals surface area contributed by atoms with Gasteiger partial charge in [0.05, 0.1) is 19.8 Å². The molecule has 2 heterocycles. The van der Waals surface area contributed by atoms with Crippen LogP contribution in [-0.4, -0.2) is 167 Å². The van der Waals surface area contributed by atoms with Crippen LogP contribution in [0.2, 0.25) is 0 Å². The van der Waals surface area contributed by atoms with Gasteiger partial charge >= 0.3 is 0 Å². The normalized spacial score (nSPS) is 41.9. The fraction of sp³-hybridized carbons (Fsp3) is 0.941. The van der Waals surface area contributed by atoms with E-state index in [1.165, 1.54) is 0 Å². The van der Waals surface area contributed by atoms with Gasteiger partial charge in [-0.3, -0.25) is 0 Å². The summed E-state index contributed by atoms with van der Waals surface area (Å²) in [5.74, 6) is 0. The highest BCUT2D eigenvalue weighted by Crippen LogP contribution is 2.28. The van der Waals surface area contributed by atoms with Crippen LogP contribution in [0.1, 0.15) is 0 Å². The van der Waals surface area contributed by atoms with Gasteiger partial charge in [-0.25, -0.2) is 0 Å².